The zero-order chi connectivity index (χ0) is 25.0. The fraction of sp³-hybridized carbons (Fsp3) is 0.810. The molecule has 0 aromatic heterocycles. The highest BCUT2D eigenvalue weighted by Gasteiger charge is 2.34. The number of carbonyl (C=O) groups excluding carboxylic acids is 3. The van der Waals surface area contributed by atoms with Crippen LogP contribution in [0.4, 0.5) is 0 Å². The predicted octanol–water partition coefficient (Wildman–Crippen LogP) is 0.0788. The molecule has 7 unspecified atom stereocenters. The predicted molar refractivity (Wildman–Crippen MR) is 125 cm³/mol. The SMILES string of the molecule is CCC(C)C(N)C(=O)NC(C(=O)NC(C(=O)NC(CCSC)C(=O)O)C(C)CC)C(C)O. The van der Waals surface area contributed by atoms with E-state index in [1.54, 1.807) is 13.8 Å². The normalized spacial score (nSPS) is 17.8. The van der Waals surface area contributed by atoms with Crippen molar-refractivity contribution >= 4 is 35.5 Å². The standard InChI is InChI=1S/C21H40N4O6S/c1-7-11(3)15(22)18(27)25-17(13(5)26)20(29)24-16(12(4)8-2)19(28)23-14(21(30)31)9-10-32-6/h11-17,26H,7-10,22H2,1-6H3,(H,23,28)(H,24,29)(H,25,27)(H,30,31). The summed E-state index contributed by atoms with van der Waals surface area (Å²) in [7, 11) is 0. The Morgan fingerprint density at radius 3 is 1.81 bits per heavy atom. The second-order valence-electron chi connectivity index (χ2n) is 8.19. The molecule has 186 valence electrons. The lowest BCUT2D eigenvalue weighted by molar-refractivity contribution is -0.142. The zero-order valence-electron chi connectivity index (χ0n) is 19.9. The quantitative estimate of drug-likeness (QED) is 0.193. The Hall–Kier alpha value is -1.85. The van der Waals surface area contributed by atoms with Crippen molar-refractivity contribution in [3.8, 4) is 0 Å². The van der Waals surface area contributed by atoms with Crippen molar-refractivity contribution in [3.63, 3.8) is 0 Å². The van der Waals surface area contributed by atoms with Gasteiger partial charge in [0.05, 0.1) is 12.1 Å². The van der Waals surface area contributed by atoms with Gasteiger partial charge in [0.25, 0.3) is 0 Å². The number of aliphatic hydroxyl groups excluding tert-OH is 1. The topological polar surface area (TPSA) is 171 Å². The number of hydrogen-bond acceptors (Lipinski definition) is 7. The summed E-state index contributed by atoms with van der Waals surface area (Å²) in [5, 5.41) is 27.0. The largest absolute Gasteiger partial charge is 0.480 e. The zero-order valence-corrected chi connectivity index (χ0v) is 20.7. The van der Waals surface area contributed by atoms with Crippen molar-refractivity contribution in [2.75, 3.05) is 12.0 Å². The molecule has 3 amide bonds. The first kappa shape index (κ1) is 30.1. The van der Waals surface area contributed by atoms with Crippen LogP contribution in [0, 0.1) is 11.8 Å². The Bertz CT molecular complexity index is 633. The maximum absolute atomic E-state index is 12.9. The van der Waals surface area contributed by atoms with Crippen molar-refractivity contribution in [1.29, 1.82) is 0 Å². The van der Waals surface area contributed by atoms with Gasteiger partial charge in [-0.1, -0.05) is 40.5 Å². The number of amides is 3. The number of aliphatic hydroxyl groups is 1. The van der Waals surface area contributed by atoms with E-state index in [4.69, 9.17) is 5.73 Å². The maximum atomic E-state index is 12.9. The van der Waals surface area contributed by atoms with Crippen LogP contribution < -0.4 is 21.7 Å². The van der Waals surface area contributed by atoms with Gasteiger partial charge in [0, 0.05) is 0 Å². The third-order valence-corrected chi connectivity index (χ3v) is 6.28. The first-order valence-corrected chi connectivity index (χ1v) is 12.4. The molecular weight excluding hydrogens is 436 g/mol. The third kappa shape index (κ3) is 9.74. The van der Waals surface area contributed by atoms with Gasteiger partial charge in [0.15, 0.2) is 0 Å². The van der Waals surface area contributed by atoms with E-state index in [1.165, 1.54) is 18.7 Å². The van der Waals surface area contributed by atoms with Gasteiger partial charge in [0.1, 0.15) is 18.1 Å². The summed E-state index contributed by atoms with van der Waals surface area (Å²) in [6.45, 7) is 8.62. The highest BCUT2D eigenvalue weighted by molar-refractivity contribution is 7.98. The fourth-order valence-electron chi connectivity index (χ4n) is 2.87. The molecule has 0 aliphatic rings. The molecule has 10 nitrogen and oxygen atoms in total. The molecule has 0 aromatic carbocycles. The molecule has 0 bridgehead atoms. The average Bonchev–Trinajstić information content (AvgIpc) is 2.75. The number of carboxylic acids is 1. The number of nitrogens with one attached hydrogen (secondary N) is 3. The van der Waals surface area contributed by atoms with Gasteiger partial charge in [-0.15, -0.1) is 0 Å². The van der Waals surface area contributed by atoms with E-state index in [9.17, 15) is 29.4 Å². The van der Waals surface area contributed by atoms with Crippen LogP contribution in [-0.2, 0) is 19.2 Å². The molecule has 0 saturated carbocycles. The fourth-order valence-corrected chi connectivity index (χ4v) is 3.34. The van der Waals surface area contributed by atoms with Crippen molar-refractivity contribution in [2.45, 2.75) is 84.2 Å². The van der Waals surface area contributed by atoms with Gasteiger partial charge < -0.3 is 31.9 Å². The van der Waals surface area contributed by atoms with E-state index in [1.807, 2.05) is 20.1 Å². The number of rotatable bonds is 15. The molecule has 7 atom stereocenters. The van der Waals surface area contributed by atoms with Gasteiger partial charge in [-0.3, -0.25) is 14.4 Å². The van der Waals surface area contributed by atoms with Crippen molar-refractivity contribution < 1.29 is 29.4 Å². The number of nitrogens with two attached hydrogens (primary N) is 1. The summed E-state index contributed by atoms with van der Waals surface area (Å²) in [5.41, 5.74) is 5.92. The summed E-state index contributed by atoms with van der Waals surface area (Å²) < 4.78 is 0. The summed E-state index contributed by atoms with van der Waals surface area (Å²) >= 11 is 1.46. The van der Waals surface area contributed by atoms with Gasteiger partial charge in [0.2, 0.25) is 17.7 Å². The second kappa shape index (κ2) is 15.1. The van der Waals surface area contributed by atoms with Crippen LogP contribution in [-0.4, -0.2) is 76.2 Å². The Morgan fingerprint density at radius 1 is 0.875 bits per heavy atom. The van der Waals surface area contributed by atoms with E-state index in [2.05, 4.69) is 16.0 Å². The number of carboxylic acid groups (broad SMARTS) is 1. The third-order valence-electron chi connectivity index (χ3n) is 5.64. The first-order valence-electron chi connectivity index (χ1n) is 11.0. The van der Waals surface area contributed by atoms with Crippen LogP contribution in [0.5, 0.6) is 0 Å². The van der Waals surface area contributed by atoms with Gasteiger partial charge in [-0.2, -0.15) is 11.8 Å². The van der Waals surface area contributed by atoms with Gasteiger partial charge in [-0.05, 0) is 37.2 Å². The van der Waals surface area contributed by atoms with Crippen LogP contribution in [0.2, 0.25) is 0 Å². The molecule has 0 fully saturated rings. The van der Waals surface area contributed by atoms with E-state index < -0.39 is 54.0 Å². The Kier molecular flexibility index (Phi) is 14.2. The first-order chi connectivity index (χ1) is 14.9. The maximum Gasteiger partial charge on any atom is 0.326 e. The molecule has 0 rings (SSSR count). The van der Waals surface area contributed by atoms with Crippen molar-refractivity contribution in [1.82, 2.24) is 16.0 Å². The van der Waals surface area contributed by atoms with Crippen LogP contribution in [0.3, 0.4) is 0 Å². The highest BCUT2D eigenvalue weighted by Crippen LogP contribution is 2.11. The molecule has 0 heterocycles. The number of thioether (sulfide) groups is 1. The summed E-state index contributed by atoms with van der Waals surface area (Å²) in [6, 6.07) is -4.29. The van der Waals surface area contributed by atoms with E-state index in [-0.39, 0.29) is 18.3 Å². The van der Waals surface area contributed by atoms with Gasteiger partial charge in [-0.25, -0.2) is 4.79 Å². The van der Waals surface area contributed by atoms with Crippen LogP contribution >= 0.6 is 11.8 Å². The van der Waals surface area contributed by atoms with Crippen molar-refractivity contribution in [2.24, 2.45) is 17.6 Å². The Morgan fingerprint density at radius 2 is 1.38 bits per heavy atom. The molecular formula is C21H40N4O6S. The molecule has 32 heavy (non-hydrogen) atoms. The lowest BCUT2D eigenvalue weighted by Gasteiger charge is -2.29. The molecule has 0 spiro atoms. The highest BCUT2D eigenvalue weighted by atomic mass is 32.2. The molecule has 7 N–H and O–H groups in total. The molecule has 0 aromatic rings. The Balaban J connectivity index is 5.48. The summed E-state index contributed by atoms with van der Waals surface area (Å²) in [4.78, 5) is 49.6. The molecule has 11 heteroatoms. The summed E-state index contributed by atoms with van der Waals surface area (Å²) in [5.74, 6) is -3.01. The molecule has 0 aliphatic heterocycles. The van der Waals surface area contributed by atoms with E-state index in [0.29, 0.717) is 18.6 Å². The molecule has 0 radical (unpaired) electrons. The van der Waals surface area contributed by atoms with Crippen molar-refractivity contribution in [3.05, 3.63) is 0 Å². The smallest absolute Gasteiger partial charge is 0.326 e. The minimum Gasteiger partial charge on any atom is -0.480 e. The number of carbonyl (C=O) groups is 4. The molecule has 0 saturated heterocycles. The summed E-state index contributed by atoms with van der Waals surface area (Å²) in [6.07, 6.45) is 2.03. The number of hydrogen-bond donors (Lipinski definition) is 6. The van der Waals surface area contributed by atoms with Gasteiger partial charge >= 0.3 is 5.97 Å². The minimum atomic E-state index is -1.32. The van der Waals surface area contributed by atoms with E-state index in [0.717, 1.165) is 0 Å². The van der Waals surface area contributed by atoms with Crippen LogP contribution in [0.25, 0.3) is 0 Å². The number of aliphatic carboxylic acids is 1. The lowest BCUT2D eigenvalue weighted by Crippen LogP contribution is -2.61. The monoisotopic (exact) mass is 476 g/mol. The lowest BCUT2D eigenvalue weighted by atomic mass is 9.96. The minimum absolute atomic E-state index is 0.124. The average molecular weight is 477 g/mol. The van der Waals surface area contributed by atoms with Crippen LogP contribution in [0.15, 0.2) is 0 Å². The Labute approximate surface area is 194 Å². The second-order valence-corrected chi connectivity index (χ2v) is 9.18. The van der Waals surface area contributed by atoms with E-state index >= 15 is 0 Å². The molecule has 0 aliphatic carbocycles. The van der Waals surface area contributed by atoms with Crippen LogP contribution in [0.1, 0.15) is 53.9 Å².